The molecule has 5 rings (SSSR count). The first-order valence-corrected chi connectivity index (χ1v) is 9.35. The standard InChI is InChI=1S/C20H15ClN2O6/c21-17-18(22-7-11-1-3-13-15(5-11)28-9-26-13)20(25)23(19(17)24)8-12-2-4-14-16(6-12)29-10-27-14/h1-6,17H,7-10H2. The fourth-order valence-corrected chi connectivity index (χ4v) is 3.62. The maximum atomic E-state index is 12.8. The quantitative estimate of drug-likeness (QED) is 0.563. The van der Waals surface area contributed by atoms with Gasteiger partial charge in [-0.3, -0.25) is 19.5 Å². The topological polar surface area (TPSA) is 86.7 Å². The Hall–Kier alpha value is -3.26. The molecule has 3 heterocycles. The van der Waals surface area contributed by atoms with Crippen molar-refractivity contribution < 1.29 is 28.5 Å². The van der Waals surface area contributed by atoms with Crippen LogP contribution in [0.3, 0.4) is 0 Å². The van der Waals surface area contributed by atoms with Crippen LogP contribution >= 0.6 is 11.6 Å². The molecule has 0 saturated carbocycles. The van der Waals surface area contributed by atoms with Gasteiger partial charge in [0.2, 0.25) is 13.6 Å². The summed E-state index contributed by atoms with van der Waals surface area (Å²) in [5.74, 6) is 1.53. The van der Waals surface area contributed by atoms with Gasteiger partial charge >= 0.3 is 0 Å². The van der Waals surface area contributed by atoms with Gasteiger partial charge in [0.25, 0.3) is 11.8 Å². The smallest absolute Gasteiger partial charge is 0.276 e. The average molecular weight is 415 g/mol. The first-order chi connectivity index (χ1) is 14.1. The zero-order chi connectivity index (χ0) is 20.0. The number of carbonyl (C=O) groups is 2. The Labute approximate surface area is 170 Å². The Kier molecular flexibility index (Phi) is 4.28. The number of hydrogen-bond acceptors (Lipinski definition) is 7. The predicted octanol–water partition coefficient (Wildman–Crippen LogP) is 2.26. The van der Waals surface area contributed by atoms with Gasteiger partial charge in [-0.1, -0.05) is 12.1 Å². The van der Waals surface area contributed by atoms with Gasteiger partial charge in [-0.2, -0.15) is 0 Å². The summed E-state index contributed by atoms with van der Waals surface area (Å²) in [5, 5.41) is -1.11. The van der Waals surface area contributed by atoms with Crippen molar-refractivity contribution in [2.45, 2.75) is 18.5 Å². The van der Waals surface area contributed by atoms with Gasteiger partial charge in [0.1, 0.15) is 5.71 Å². The number of amides is 2. The second-order valence-electron chi connectivity index (χ2n) is 6.67. The maximum absolute atomic E-state index is 12.8. The Bertz CT molecular complexity index is 1050. The van der Waals surface area contributed by atoms with Gasteiger partial charge < -0.3 is 18.9 Å². The van der Waals surface area contributed by atoms with E-state index < -0.39 is 17.2 Å². The number of halogens is 1. The van der Waals surface area contributed by atoms with Gasteiger partial charge in [0.05, 0.1) is 13.1 Å². The van der Waals surface area contributed by atoms with Gasteiger partial charge in [-0.05, 0) is 35.4 Å². The van der Waals surface area contributed by atoms with Crippen molar-refractivity contribution >= 4 is 29.1 Å². The Morgan fingerprint density at radius 2 is 1.48 bits per heavy atom. The van der Waals surface area contributed by atoms with E-state index in [-0.39, 0.29) is 32.4 Å². The Balaban J connectivity index is 1.33. The van der Waals surface area contributed by atoms with E-state index in [1.165, 1.54) is 0 Å². The molecule has 0 N–H and O–H groups in total. The number of likely N-dealkylation sites (tertiary alicyclic amines) is 1. The zero-order valence-electron chi connectivity index (χ0n) is 15.1. The molecule has 0 aromatic heterocycles. The van der Waals surface area contributed by atoms with Crippen LogP contribution < -0.4 is 18.9 Å². The minimum Gasteiger partial charge on any atom is -0.454 e. The summed E-state index contributed by atoms with van der Waals surface area (Å²) in [4.78, 5) is 30.7. The largest absolute Gasteiger partial charge is 0.454 e. The summed E-state index contributed by atoms with van der Waals surface area (Å²) in [6, 6.07) is 10.7. The Morgan fingerprint density at radius 3 is 2.17 bits per heavy atom. The van der Waals surface area contributed by atoms with E-state index >= 15 is 0 Å². The lowest BCUT2D eigenvalue weighted by atomic mass is 10.2. The fourth-order valence-electron chi connectivity index (χ4n) is 3.34. The fraction of sp³-hybridized carbons (Fsp3) is 0.250. The van der Waals surface area contributed by atoms with E-state index in [1.54, 1.807) is 30.3 Å². The highest BCUT2D eigenvalue weighted by Crippen LogP contribution is 2.34. The zero-order valence-corrected chi connectivity index (χ0v) is 15.8. The number of hydrogen-bond donors (Lipinski definition) is 0. The molecule has 0 aliphatic carbocycles. The lowest BCUT2D eigenvalue weighted by Gasteiger charge is -2.13. The number of benzene rings is 2. The molecule has 9 heteroatoms. The van der Waals surface area contributed by atoms with E-state index in [4.69, 9.17) is 30.5 Å². The van der Waals surface area contributed by atoms with Crippen LogP contribution in [0.15, 0.2) is 41.4 Å². The highest BCUT2D eigenvalue weighted by Gasteiger charge is 2.43. The summed E-state index contributed by atoms with van der Waals surface area (Å²) in [7, 11) is 0. The molecular formula is C20H15ClN2O6. The molecule has 1 atom stereocenters. The molecule has 3 aliphatic heterocycles. The van der Waals surface area contributed by atoms with Crippen LogP contribution in [0.2, 0.25) is 0 Å². The molecule has 2 amide bonds. The lowest BCUT2D eigenvalue weighted by Crippen LogP contribution is -2.30. The maximum Gasteiger partial charge on any atom is 0.276 e. The summed E-state index contributed by atoms with van der Waals surface area (Å²) >= 11 is 6.21. The van der Waals surface area contributed by atoms with Crippen molar-refractivity contribution in [3.05, 3.63) is 47.5 Å². The summed E-state index contributed by atoms with van der Waals surface area (Å²) in [6.07, 6.45) is 0. The lowest BCUT2D eigenvalue weighted by molar-refractivity contribution is -0.137. The third kappa shape index (κ3) is 3.15. The molecule has 0 bridgehead atoms. The average Bonchev–Trinajstić information content (AvgIpc) is 3.43. The summed E-state index contributed by atoms with van der Waals surface area (Å²) in [6.45, 7) is 0.617. The third-order valence-corrected chi connectivity index (χ3v) is 5.23. The number of carbonyl (C=O) groups excluding carboxylic acids is 2. The predicted molar refractivity (Wildman–Crippen MR) is 101 cm³/mol. The molecule has 0 radical (unpaired) electrons. The number of fused-ring (bicyclic) bond motifs is 2. The van der Waals surface area contributed by atoms with Crippen LogP contribution in [-0.2, 0) is 22.7 Å². The highest BCUT2D eigenvalue weighted by atomic mass is 35.5. The minimum absolute atomic E-state index is 0.0371. The monoisotopic (exact) mass is 414 g/mol. The molecule has 2 aromatic carbocycles. The van der Waals surface area contributed by atoms with E-state index in [0.717, 1.165) is 16.0 Å². The molecule has 1 saturated heterocycles. The van der Waals surface area contributed by atoms with Crippen molar-refractivity contribution in [3.63, 3.8) is 0 Å². The molecule has 29 heavy (non-hydrogen) atoms. The number of alkyl halides is 1. The molecule has 1 fully saturated rings. The van der Waals surface area contributed by atoms with Crippen molar-refractivity contribution in [1.29, 1.82) is 0 Å². The van der Waals surface area contributed by atoms with Gasteiger partial charge in [0.15, 0.2) is 28.4 Å². The van der Waals surface area contributed by atoms with Crippen LogP contribution in [-0.4, -0.2) is 41.4 Å². The number of rotatable bonds is 4. The number of imide groups is 1. The van der Waals surface area contributed by atoms with Gasteiger partial charge in [0, 0.05) is 0 Å². The number of aliphatic imine (C=N–C) groups is 1. The van der Waals surface area contributed by atoms with Gasteiger partial charge in [-0.25, -0.2) is 0 Å². The summed E-state index contributed by atoms with van der Waals surface area (Å²) in [5.41, 5.74) is 1.59. The first-order valence-electron chi connectivity index (χ1n) is 8.91. The molecule has 3 aliphatic rings. The first kappa shape index (κ1) is 17.8. The van der Waals surface area contributed by atoms with Gasteiger partial charge in [-0.15, -0.1) is 11.6 Å². The van der Waals surface area contributed by atoms with Crippen molar-refractivity contribution in [1.82, 2.24) is 4.90 Å². The van der Waals surface area contributed by atoms with Crippen LogP contribution in [0.1, 0.15) is 11.1 Å². The molecule has 1 unspecified atom stereocenters. The van der Waals surface area contributed by atoms with Crippen molar-refractivity contribution in [2.24, 2.45) is 4.99 Å². The van der Waals surface area contributed by atoms with Crippen LogP contribution in [0.4, 0.5) is 0 Å². The molecule has 0 spiro atoms. The Morgan fingerprint density at radius 1 is 0.897 bits per heavy atom. The van der Waals surface area contributed by atoms with E-state index in [9.17, 15) is 9.59 Å². The van der Waals surface area contributed by atoms with E-state index in [0.29, 0.717) is 23.0 Å². The van der Waals surface area contributed by atoms with Crippen molar-refractivity contribution in [2.75, 3.05) is 13.6 Å². The number of nitrogens with zero attached hydrogens (tertiary/aromatic N) is 2. The van der Waals surface area contributed by atoms with Crippen LogP contribution in [0.5, 0.6) is 23.0 Å². The van der Waals surface area contributed by atoms with Crippen molar-refractivity contribution in [3.8, 4) is 23.0 Å². The minimum atomic E-state index is -1.11. The summed E-state index contributed by atoms with van der Waals surface area (Å²) < 4.78 is 21.2. The van der Waals surface area contributed by atoms with E-state index in [2.05, 4.69) is 4.99 Å². The van der Waals surface area contributed by atoms with Crippen LogP contribution in [0, 0.1) is 0 Å². The second kappa shape index (κ2) is 6.97. The number of ether oxygens (including phenoxy) is 4. The SMILES string of the molecule is O=C1C(=NCc2ccc3c(c2)OCO3)C(Cl)C(=O)N1Cc1ccc2c(c1)OCO2. The highest BCUT2D eigenvalue weighted by molar-refractivity contribution is 6.63. The molecular weight excluding hydrogens is 400 g/mol. The second-order valence-corrected chi connectivity index (χ2v) is 7.11. The molecule has 2 aromatic rings. The normalized spacial score (nSPS) is 20.8. The molecule has 8 nitrogen and oxygen atoms in total. The molecule has 148 valence electrons. The van der Waals surface area contributed by atoms with Crippen LogP contribution in [0.25, 0.3) is 0 Å². The third-order valence-electron chi connectivity index (χ3n) is 4.83. The van der Waals surface area contributed by atoms with E-state index in [1.807, 2.05) is 6.07 Å².